The number of ether oxygens (including phenoxy) is 2. The molecule has 0 N–H and O–H groups in total. The minimum Gasteiger partial charge on any atom is -0.371 e. The second kappa shape index (κ2) is 4.07. The van der Waals surface area contributed by atoms with E-state index in [4.69, 9.17) is 9.47 Å². The summed E-state index contributed by atoms with van der Waals surface area (Å²) in [6.07, 6.45) is 0.261. The predicted molar refractivity (Wildman–Crippen MR) is 50.4 cm³/mol. The van der Waals surface area contributed by atoms with Crippen LogP contribution in [0.2, 0.25) is 0 Å². The van der Waals surface area contributed by atoms with Gasteiger partial charge in [0, 0.05) is 5.56 Å². The number of halogens is 1. The lowest BCUT2D eigenvalue weighted by atomic mass is 10.2. The quantitative estimate of drug-likeness (QED) is 0.688. The highest BCUT2D eigenvalue weighted by Crippen LogP contribution is 2.18. The molecule has 3 heteroatoms. The van der Waals surface area contributed by atoms with Gasteiger partial charge in [-0.1, -0.05) is 18.2 Å². The van der Waals surface area contributed by atoms with Gasteiger partial charge >= 0.3 is 0 Å². The Balaban J connectivity index is 1.87. The van der Waals surface area contributed by atoms with E-state index < -0.39 is 0 Å². The Labute approximate surface area is 82.6 Å². The van der Waals surface area contributed by atoms with Crippen LogP contribution in [-0.4, -0.2) is 18.8 Å². The summed E-state index contributed by atoms with van der Waals surface area (Å²) in [5.41, 5.74) is 0.597. The third kappa shape index (κ3) is 2.30. The molecule has 1 aromatic rings. The maximum absolute atomic E-state index is 13.1. The van der Waals surface area contributed by atoms with Crippen LogP contribution < -0.4 is 0 Å². The van der Waals surface area contributed by atoms with Crippen molar-refractivity contribution in [2.24, 2.45) is 0 Å². The van der Waals surface area contributed by atoms with Crippen molar-refractivity contribution >= 4 is 0 Å². The lowest BCUT2D eigenvalue weighted by molar-refractivity contribution is 0.0326. The maximum Gasteiger partial charge on any atom is 0.128 e. The molecule has 0 amide bonds. The summed E-state index contributed by atoms with van der Waals surface area (Å²) in [5.74, 6) is -0.212. The average Bonchev–Trinajstić information content (AvgIpc) is 2.99. The van der Waals surface area contributed by atoms with Crippen LogP contribution in [0.15, 0.2) is 24.3 Å². The molecule has 1 fully saturated rings. The highest BCUT2D eigenvalue weighted by molar-refractivity contribution is 5.16. The molecule has 0 spiro atoms. The molecule has 0 radical (unpaired) electrons. The van der Waals surface area contributed by atoms with Gasteiger partial charge in [0.2, 0.25) is 0 Å². The first-order chi connectivity index (χ1) is 6.77. The molecule has 1 aliphatic rings. The summed E-state index contributed by atoms with van der Waals surface area (Å²) in [5, 5.41) is 0. The van der Waals surface area contributed by atoms with Crippen LogP contribution >= 0.6 is 0 Å². The molecule has 2 rings (SSSR count). The number of benzene rings is 1. The van der Waals surface area contributed by atoms with Crippen molar-refractivity contribution in [3.63, 3.8) is 0 Å². The van der Waals surface area contributed by atoms with Crippen molar-refractivity contribution in [1.82, 2.24) is 0 Å². The summed E-state index contributed by atoms with van der Waals surface area (Å²) in [4.78, 5) is 0. The Morgan fingerprint density at radius 1 is 1.57 bits per heavy atom. The zero-order valence-corrected chi connectivity index (χ0v) is 8.07. The van der Waals surface area contributed by atoms with Gasteiger partial charge < -0.3 is 9.47 Å². The van der Waals surface area contributed by atoms with Crippen LogP contribution in [-0.2, 0) is 16.1 Å². The number of rotatable bonds is 4. The van der Waals surface area contributed by atoms with Crippen LogP contribution in [0.5, 0.6) is 0 Å². The Bertz CT molecular complexity index is 310. The standard InChI is InChI=1S/C11H13FO2/c1-8(11-7-14-11)13-6-9-4-2-3-5-10(9)12/h2-5,8,11H,6-7H2,1H3/t8-,11-/m1/s1. The van der Waals surface area contributed by atoms with E-state index >= 15 is 0 Å². The van der Waals surface area contributed by atoms with Gasteiger partial charge in [-0.15, -0.1) is 0 Å². The van der Waals surface area contributed by atoms with Crippen LogP contribution in [0.4, 0.5) is 4.39 Å². The first-order valence-corrected chi connectivity index (χ1v) is 4.74. The summed E-state index contributed by atoms with van der Waals surface area (Å²) >= 11 is 0. The van der Waals surface area contributed by atoms with Crippen molar-refractivity contribution in [1.29, 1.82) is 0 Å². The lowest BCUT2D eigenvalue weighted by Crippen LogP contribution is -2.15. The first-order valence-electron chi connectivity index (χ1n) is 4.74. The molecule has 2 atom stereocenters. The molecule has 76 valence electrons. The fourth-order valence-electron chi connectivity index (χ4n) is 1.27. The van der Waals surface area contributed by atoms with Gasteiger partial charge in [0.25, 0.3) is 0 Å². The summed E-state index contributed by atoms with van der Waals surface area (Å²) in [7, 11) is 0. The Morgan fingerprint density at radius 2 is 2.29 bits per heavy atom. The van der Waals surface area contributed by atoms with Crippen LogP contribution in [0.3, 0.4) is 0 Å². The van der Waals surface area contributed by atoms with Crippen molar-refractivity contribution in [2.45, 2.75) is 25.7 Å². The van der Waals surface area contributed by atoms with Crippen molar-refractivity contribution < 1.29 is 13.9 Å². The molecule has 0 aliphatic carbocycles. The first kappa shape index (κ1) is 9.62. The fraction of sp³-hybridized carbons (Fsp3) is 0.455. The molecule has 0 bridgehead atoms. The third-order valence-electron chi connectivity index (χ3n) is 2.34. The Hall–Kier alpha value is -0.930. The second-order valence-electron chi connectivity index (χ2n) is 3.48. The van der Waals surface area contributed by atoms with Crippen molar-refractivity contribution in [3.05, 3.63) is 35.6 Å². The molecule has 1 aliphatic heterocycles. The molecule has 14 heavy (non-hydrogen) atoms. The molecule has 1 heterocycles. The summed E-state index contributed by atoms with van der Waals surface area (Å²) in [6, 6.07) is 6.65. The second-order valence-corrected chi connectivity index (χ2v) is 3.48. The fourth-order valence-corrected chi connectivity index (χ4v) is 1.27. The highest BCUT2D eigenvalue weighted by atomic mass is 19.1. The monoisotopic (exact) mass is 196 g/mol. The van der Waals surface area contributed by atoms with E-state index in [1.807, 2.05) is 6.92 Å². The predicted octanol–water partition coefficient (Wildman–Crippen LogP) is 2.13. The number of hydrogen-bond donors (Lipinski definition) is 0. The Kier molecular flexibility index (Phi) is 2.79. The normalized spacial score (nSPS) is 22.0. The number of hydrogen-bond acceptors (Lipinski definition) is 2. The van der Waals surface area contributed by atoms with E-state index in [1.165, 1.54) is 6.07 Å². The van der Waals surface area contributed by atoms with Gasteiger partial charge in [0.1, 0.15) is 11.9 Å². The zero-order valence-electron chi connectivity index (χ0n) is 8.07. The highest BCUT2D eigenvalue weighted by Gasteiger charge is 2.30. The molecule has 1 saturated heterocycles. The zero-order chi connectivity index (χ0) is 9.97. The molecular weight excluding hydrogens is 183 g/mol. The van der Waals surface area contributed by atoms with E-state index in [2.05, 4.69) is 0 Å². The van der Waals surface area contributed by atoms with Gasteiger partial charge in [-0.05, 0) is 13.0 Å². The molecular formula is C11H13FO2. The van der Waals surface area contributed by atoms with Gasteiger partial charge in [-0.25, -0.2) is 4.39 Å². The van der Waals surface area contributed by atoms with Crippen molar-refractivity contribution in [2.75, 3.05) is 6.61 Å². The molecule has 2 nitrogen and oxygen atoms in total. The van der Waals surface area contributed by atoms with E-state index in [-0.39, 0.29) is 18.0 Å². The third-order valence-corrected chi connectivity index (χ3v) is 2.34. The van der Waals surface area contributed by atoms with Crippen LogP contribution in [0.1, 0.15) is 12.5 Å². The van der Waals surface area contributed by atoms with Gasteiger partial charge in [-0.2, -0.15) is 0 Å². The van der Waals surface area contributed by atoms with E-state index in [0.717, 1.165) is 6.61 Å². The van der Waals surface area contributed by atoms with Crippen LogP contribution in [0.25, 0.3) is 0 Å². The smallest absolute Gasteiger partial charge is 0.128 e. The van der Waals surface area contributed by atoms with Gasteiger partial charge in [0.05, 0.1) is 19.3 Å². The van der Waals surface area contributed by atoms with E-state index in [9.17, 15) is 4.39 Å². The van der Waals surface area contributed by atoms with Gasteiger partial charge in [-0.3, -0.25) is 0 Å². The van der Waals surface area contributed by atoms with Crippen molar-refractivity contribution in [3.8, 4) is 0 Å². The van der Waals surface area contributed by atoms with E-state index in [0.29, 0.717) is 12.2 Å². The minimum atomic E-state index is -0.212. The van der Waals surface area contributed by atoms with Gasteiger partial charge in [0.15, 0.2) is 0 Å². The number of epoxide rings is 1. The molecule has 0 saturated carbocycles. The van der Waals surface area contributed by atoms with Crippen LogP contribution in [0, 0.1) is 5.82 Å². The Morgan fingerprint density at radius 3 is 2.93 bits per heavy atom. The minimum absolute atomic E-state index is 0.0506. The molecule has 1 aromatic carbocycles. The SMILES string of the molecule is C[C@@H](OCc1ccccc1F)[C@H]1CO1. The van der Waals surface area contributed by atoms with E-state index in [1.54, 1.807) is 18.2 Å². The maximum atomic E-state index is 13.1. The average molecular weight is 196 g/mol. The summed E-state index contributed by atoms with van der Waals surface area (Å²) < 4.78 is 23.7. The summed E-state index contributed by atoms with van der Waals surface area (Å²) in [6.45, 7) is 3.02. The molecule has 0 aromatic heterocycles. The lowest BCUT2D eigenvalue weighted by Gasteiger charge is -2.10. The largest absolute Gasteiger partial charge is 0.371 e. The molecule has 0 unspecified atom stereocenters. The topological polar surface area (TPSA) is 21.8 Å².